The standard InChI is InChI=1S/C14H15N3O3/c18-8-9-4-3-7-17(9)14(20)12-10-5-1-2-6-11(10)13(19)16-15-12/h1-2,5-6,9,18H,3-4,7-8H2,(H,16,19)/t9-/m1/s1. The van der Waals surface area contributed by atoms with Crippen molar-refractivity contribution in [2.75, 3.05) is 13.2 Å². The summed E-state index contributed by atoms with van der Waals surface area (Å²) >= 11 is 0. The second kappa shape index (κ2) is 5.05. The molecule has 0 radical (unpaired) electrons. The summed E-state index contributed by atoms with van der Waals surface area (Å²) in [5, 5.41) is 16.6. The molecule has 1 atom stereocenters. The minimum Gasteiger partial charge on any atom is -0.394 e. The lowest BCUT2D eigenvalue weighted by Gasteiger charge is -2.22. The Hall–Kier alpha value is -2.21. The molecule has 0 unspecified atom stereocenters. The van der Waals surface area contributed by atoms with Gasteiger partial charge in [0.2, 0.25) is 0 Å². The summed E-state index contributed by atoms with van der Waals surface area (Å²) in [6.07, 6.45) is 1.67. The van der Waals surface area contributed by atoms with Crippen LogP contribution in [0.3, 0.4) is 0 Å². The number of aromatic amines is 1. The average Bonchev–Trinajstić information content (AvgIpc) is 2.96. The fraction of sp³-hybridized carbons (Fsp3) is 0.357. The summed E-state index contributed by atoms with van der Waals surface area (Å²) in [6.45, 7) is 0.562. The van der Waals surface area contributed by atoms with Gasteiger partial charge in [-0.3, -0.25) is 9.59 Å². The van der Waals surface area contributed by atoms with Crippen molar-refractivity contribution in [2.24, 2.45) is 0 Å². The molecule has 1 amide bonds. The molecule has 1 aromatic heterocycles. The highest BCUT2D eigenvalue weighted by molar-refractivity contribution is 6.04. The Labute approximate surface area is 115 Å². The fourth-order valence-electron chi connectivity index (χ4n) is 2.71. The highest BCUT2D eigenvalue weighted by Crippen LogP contribution is 2.21. The van der Waals surface area contributed by atoms with Gasteiger partial charge in [0.25, 0.3) is 11.5 Å². The lowest BCUT2D eigenvalue weighted by atomic mass is 10.1. The van der Waals surface area contributed by atoms with E-state index in [4.69, 9.17) is 0 Å². The van der Waals surface area contributed by atoms with Crippen molar-refractivity contribution in [2.45, 2.75) is 18.9 Å². The van der Waals surface area contributed by atoms with Crippen molar-refractivity contribution in [3.8, 4) is 0 Å². The molecule has 1 aliphatic heterocycles. The average molecular weight is 273 g/mol. The number of likely N-dealkylation sites (tertiary alicyclic amines) is 1. The first-order valence-corrected chi connectivity index (χ1v) is 6.61. The number of fused-ring (bicyclic) bond motifs is 1. The number of amides is 1. The third kappa shape index (κ3) is 1.98. The molecule has 3 rings (SSSR count). The van der Waals surface area contributed by atoms with Crippen LogP contribution in [-0.2, 0) is 0 Å². The molecule has 1 aromatic carbocycles. The van der Waals surface area contributed by atoms with E-state index >= 15 is 0 Å². The van der Waals surface area contributed by atoms with E-state index in [1.165, 1.54) is 0 Å². The zero-order chi connectivity index (χ0) is 14.1. The zero-order valence-corrected chi connectivity index (χ0v) is 10.9. The van der Waals surface area contributed by atoms with Crippen molar-refractivity contribution < 1.29 is 9.90 Å². The molecular weight excluding hydrogens is 258 g/mol. The van der Waals surface area contributed by atoms with Crippen LogP contribution in [-0.4, -0.2) is 45.3 Å². The SMILES string of the molecule is O=C(c1n[nH]c(=O)c2ccccc12)N1CCC[C@@H]1CO. The summed E-state index contributed by atoms with van der Waals surface area (Å²) in [5.74, 6) is -0.242. The molecule has 1 saturated heterocycles. The number of hydrogen-bond donors (Lipinski definition) is 2. The Morgan fingerprint density at radius 1 is 1.40 bits per heavy atom. The maximum absolute atomic E-state index is 12.6. The quantitative estimate of drug-likeness (QED) is 0.835. The molecule has 20 heavy (non-hydrogen) atoms. The van der Waals surface area contributed by atoms with Gasteiger partial charge >= 0.3 is 0 Å². The number of aromatic nitrogens is 2. The summed E-state index contributed by atoms with van der Waals surface area (Å²) in [6, 6.07) is 6.75. The number of hydrogen-bond acceptors (Lipinski definition) is 4. The van der Waals surface area contributed by atoms with Gasteiger partial charge in [-0.05, 0) is 18.9 Å². The topological polar surface area (TPSA) is 86.3 Å². The number of benzene rings is 1. The normalized spacial score (nSPS) is 18.6. The number of carbonyl (C=O) groups excluding carboxylic acids is 1. The van der Waals surface area contributed by atoms with E-state index in [0.717, 1.165) is 12.8 Å². The lowest BCUT2D eigenvalue weighted by molar-refractivity contribution is 0.0672. The molecule has 2 heterocycles. The van der Waals surface area contributed by atoms with Gasteiger partial charge in [0.15, 0.2) is 5.69 Å². The van der Waals surface area contributed by atoms with Gasteiger partial charge in [-0.15, -0.1) is 0 Å². The molecule has 0 aliphatic carbocycles. The second-order valence-electron chi connectivity index (χ2n) is 4.92. The number of aliphatic hydroxyl groups is 1. The van der Waals surface area contributed by atoms with Crippen LogP contribution in [0.1, 0.15) is 23.3 Å². The predicted octanol–water partition coefficient (Wildman–Crippen LogP) is 0.520. The van der Waals surface area contributed by atoms with Crippen LogP contribution in [0, 0.1) is 0 Å². The van der Waals surface area contributed by atoms with Gasteiger partial charge in [-0.25, -0.2) is 5.10 Å². The van der Waals surface area contributed by atoms with Crippen LogP contribution in [0.25, 0.3) is 10.8 Å². The zero-order valence-electron chi connectivity index (χ0n) is 10.9. The molecule has 2 N–H and O–H groups in total. The molecule has 6 nitrogen and oxygen atoms in total. The van der Waals surface area contributed by atoms with E-state index < -0.39 is 0 Å². The smallest absolute Gasteiger partial charge is 0.275 e. The minimum atomic E-state index is -0.308. The molecule has 0 saturated carbocycles. The molecule has 6 heteroatoms. The van der Waals surface area contributed by atoms with Gasteiger partial charge < -0.3 is 10.0 Å². The lowest BCUT2D eigenvalue weighted by Crippen LogP contribution is -2.38. The van der Waals surface area contributed by atoms with Gasteiger partial charge in [0.1, 0.15) is 0 Å². The van der Waals surface area contributed by atoms with Gasteiger partial charge in [-0.1, -0.05) is 18.2 Å². The summed E-state index contributed by atoms with van der Waals surface area (Å²) < 4.78 is 0. The molecule has 1 fully saturated rings. The predicted molar refractivity (Wildman–Crippen MR) is 73.5 cm³/mol. The Morgan fingerprint density at radius 3 is 2.90 bits per heavy atom. The van der Waals surface area contributed by atoms with E-state index in [1.54, 1.807) is 29.2 Å². The molecule has 0 spiro atoms. The van der Waals surface area contributed by atoms with Crippen LogP contribution in [0.4, 0.5) is 0 Å². The van der Waals surface area contributed by atoms with Gasteiger partial charge in [-0.2, -0.15) is 5.10 Å². The van der Waals surface area contributed by atoms with Crippen molar-refractivity contribution in [1.29, 1.82) is 0 Å². The number of carbonyl (C=O) groups is 1. The van der Waals surface area contributed by atoms with Crippen LogP contribution < -0.4 is 5.56 Å². The molecule has 104 valence electrons. The highest BCUT2D eigenvalue weighted by atomic mass is 16.3. The Kier molecular flexibility index (Phi) is 3.23. The summed E-state index contributed by atoms with van der Waals surface area (Å²) in [4.78, 5) is 25.9. The Balaban J connectivity index is 2.08. The monoisotopic (exact) mass is 273 g/mol. The third-order valence-electron chi connectivity index (χ3n) is 3.75. The number of aliphatic hydroxyl groups excluding tert-OH is 1. The molecule has 2 aromatic rings. The number of rotatable bonds is 2. The number of nitrogens with one attached hydrogen (secondary N) is 1. The molecule has 1 aliphatic rings. The summed E-state index contributed by atoms with van der Waals surface area (Å²) in [5.41, 5.74) is -0.0715. The number of H-pyrrole nitrogens is 1. The third-order valence-corrected chi connectivity index (χ3v) is 3.75. The van der Waals surface area contributed by atoms with E-state index in [-0.39, 0.29) is 29.8 Å². The summed E-state index contributed by atoms with van der Waals surface area (Å²) in [7, 11) is 0. The van der Waals surface area contributed by atoms with Crippen LogP contribution in [0.5, 0.6) is 0 Å². The minimum absolute atomic E-state index is 0.0486. The van der Waals surface area contributed by atoms with Crippen molar-refractivity contribution in [3.05, 3.63) is 40.3 Å². The van der Waals surface area contributed by atoms with Crippen molar-refractivity contribution in [3.63, 3.8) is 0 Å². The maximum atomic E-state index is 12.6. The fourth-order valence-corrected chi connectivity index (χ4v) is 2.71. The van der Waals surface area contributed by atoms with E-state index in [0.29, 0.717) is 17.3 Å². The van der Waals surface area contributed by atoms with Crippen LogP contribution in [0.2, 0.25) is 0 Å². The van der Waals surface area contributed by atoms with Gasteiger partial charge in [0.05, 0.1) is 18.0 Å². The van der Waals surface area contributed by atoms with Gasteiger partial charge in [0, 0.05) is 11.9 Å². The second-order valence-corrected chi connectivity index (χ2v) is 4.92. The largest absolute Gasteiger partial charge is 0.394 e. The van der Waals surface area contributed by atoms with Crippen molar-refractivity contribution >= 4 is 16.7 Å². The van der Waals surface area contributed by atoms with E-state index in [1.807, 2.05) is 0 Å². The highest BCUT2D eigenvalue weighted by Gasteiger charge is 2.30. The van der Waals surface area contributed by atoms with Crippen LogP contribution in [0.15, 0.2) is 29.1 Å². The van der Waals surface area contributed by atoms with Crippen LogP contribution >= 0.6 is 0 Å². The number of nitrogens with zero attached hydrogens (tertiary/aromatic N) is 2. The first-order valence-electron chi connectivity index (χ1n) is 6.61. The van der Waals surface area contributed by atoms with E-state index in [2.05, 4.69) is 10.2 Å². The van der Waals surface area contributed by atoms with E-state index in [9.17, 15) is 14.7 Å². The van der Waals surface area contributed by atoms with Crippen molar-refractivity contribution in [1.82, 2.24) is 15.1 Å². The first-order chi connectivity index (χ1) is 9.72. The molecule has 0 bridgehead atoms. The Bertz CT molecular complexity index is 710. The first kappa shape index (κ1) is 12.8. The maximum Gasteiger partial charge on any atom is 0.275 e. The Morgan fingerprint density at radius 2 is 2.15 bits per heavy atom. The molecular formula is C14H15N3O3.